The van der Waals surface area contributed by atoms with Gasteiger partial charge in [0.25, 0.3) is 0 Å². The molecule has 2 aliphatic rings. The summed E-state index contributed by atoms with van der Waals surface area (Å²) >= 11 is 0. The van der Waals surface area contributed by atoms with Crippen LogP contribution in [0.1, 0.15) is 37.7 Å². The van der Waals surface area contributed by atoms with E-state index in [9.17, 15) is 0 Å². The van der Waals surface area contributed by atoms with Gasteiger partial charge in [-0.1, -0.05) is 25.3 Å². The van der Waals surface area contributed by atoms with Crippen LogP contribution in [0.4, 0.5) is 5.69 Å². The van der Waals surface area contributed by atoms with Gasteiger partial charge in [0, 0.05) is 12.6 Å². The van der Waals surface area contributed by atoms with Crippen molar-refractivity contribution in [3.63, 3.8) is 0 Å². The van der Waals surface area contributed by atoms with E-state index in [0.717, 1.165) is 31.7 Å². The number of likely N-dealkylation sites (N-methyl/N-ethyl adjacent to an activating group) is 1. The van der Waals surface area contributed by atoms with Crippen LogP contribution in [0.3, 0.4) is 0 Å². The van der Waals surface area contributed by atoms with Crippen molar-refractivity contribution in [2.45, 2.75) is 37.6 Å². The predicted molar refractivity (Wildman–Crippen MR) is 74.2 cm³/mol. The van der Waals surface area contributed by atoms with Crippen molar-refractivity contribution in [2.75, 3.05) is 25.1 Å². The van der Waals surface area contributed by atoms with Crippen LogP contribution < -0.4 is 15.4 Å². The molecule has 0 bridgehead atoms. The van der Waals surface area contributed by atoms with Gasteiger partial charge in [-0.05, 0) is 30.5 Å². The van der Waals surface area contributed by atoms with Gasteiger partial charge in [0.05, 0.1) is 12.2 Å². The minimum absolute atomic E-state index is 0.132. The molecular formula is C15H22N2O. The fourth-order valence-corrected chi connectivity index (χ4v) is 3.14. The first-order chi connectivity index (χ1) is 8.69. The molecule has 1 aliphatic carbocycles. The minimum Gasteiger partial charge on any atom is -0.490 e. The lowest BCUT2D eigenvalue weighted by molar-refractivity contribution is 0.293. The highest BCUT2D eigenvalue weighted by Gasteiger charge is 2.30. The molecule has 3 nitrogen and oxygen atoms in total. The number of anilines is 1. The van der Waals surface area contributed by atoms with E-state index in [2.05, 4.69) is 30.1 Å². The SMILES string of the molecule is CN1CCOc2cc(C3(N)CCCCC3)ccc21. The zero-order valence-corrected chi connectivity index (χ0v) is 11.1. The summed E-state index contributed by atoms with van der Waals surface area (Å²) in [7, 11) is 2.11. The molecule has 3 heteroatoms. The quantitative estimate of drug-likeness (QED) is 0.828. The minimum atomic E-state index is -0.132. The molecule has 1 aliphatic heterocycles. The number of fused-ring (bicyclic) bond motifs is 1. The third-order valence-corrected chi connectivity index (χ3v) is 4.38. The number of nitrogens with two attached hydrogens (primary N) is 1. The number of hydrogen-bond donors (Lipinski definition) is 1. The molecule has 0 saturated heterocycles. The van der Waals surface area contributed by atoms with E-state index in [-0.39, 0.29) is 5.54 Å². The van der Waals surface area contributed by atoms with Crippen LogP contribution in [0, 0.1) is 0 Å². The molecule has 3 rings (SSSR count). The Morgan fingerprint density at radius 1 is 1.22 bits per heavy atom. The van der Waals surface area contributed by atoms with Crippen molar-refractivity contribution in [2.24, 2.45) is 5.73 Å². The van der Waals surface area contributed by atoms with Crippen molar-refractivity contribution >= 4 is 5.69 Å². The van der Waals surface area contributed by atoms with E-state index < -0.39 is 0 Å². The summed E-state index contributed by atoms with van der Waals surface area (Å²) in [5.74, 6) is 0.997. The van der Waals surface area contributed by atoms with Gasteiger partial charge < -0.3 is 15.4 Å². The third kappa shape index (κ3) is 1.97. The van der Waals surface area contributed by atoms with Gasteiger partial charge in [-0.3, -0.25) is 0 Å². The molecule has 0 spiro atoms. The fraction of sp³-hybridized carbons (Fsp3) is 0.600. The maximum absolute atomic E-state index is 6.58. The summed E-state index contributed by atoms with van der Waals surface area (Å²) in [4.78, 5) is 2.24. The van der Waals surface area contributed by atoms with Crippen LogP contribution in [0.5, 0.6) is 5.75 Å². The summed E-state index contributed by atoms with van der Waals surface area (Å²) in [6.07, 6.45) is 6.01. The second-order valence-electron chi connectivity index (χ2n) is 5.67. The Hall–Kier alpha value is -1.22. The molecule has 18 heavy (non-hydrogen) atoms. The Morgan fingerprint density at radius 3 is 2.78 bits per heavy atom. The lowest BCUT2D eigenvalue weighted by Gasteiger charge is -2.35. The van der Waals surface area contributed by atoms with Gasteiger partial charge in [-0.25, -0.2) is 0 Å². The maximum atomic E-state index is 6.58. The number of nitrogens with zero attached hydrogens (tertiary/aromatic N) is 1. The Kier molecular flexibility index (Phi) is 2.94. The van der Waals surface area contributed by atoms with Crippen molar-refractivity contribution in [3.05, 3.63) is 23.8 Å². The van der Waals surface area contributed by atoms with Crippen LogP contribution in [-0.4, -0.2) is 20.2 Å². The molecule has 98 valence electrons. The number of hydrogen-bond acceptors (Lipinski definition) is 3. The zero-order chi connectivity index (χ0) is 12.6. The Balaban J connectivity index is 1.94. The van der Waals surface area contributed by atoms with Gasteiger partial charge >= 0.3 is 0 Å². The van der Waals surface area contributed by atoms with Gasteiger partial charge in [0.2, 0.25) is 0 Å². The lowest BCUT2D eigenvalue weighted by Crippen LogP contribution is -2.39. The lowest BCUT2D eigenvalue weighted by atomic mass is 9.77. The van der Waals surface area contributed by atoms with Crippen LogP contribution in [0.2, 0.25) is 0 Å². The van der Waals surface area contributed by atoms with Gasteiger partial charge in [0.1, 0.15) is 12.4 Å². The second-order valence-corrected chi connectivity index (χ2v) is 5.67. The standard InChI is InChI=1S/C15H22N2O/c1-17-9-10-18-14-11-12(5-6-13(14)17)15(16)7-3-2-4-8-15/h5-6,11H,2-4,7-10,16H2,1H3. The largest absolute Gasteiger partial charge is 0.490 e. The fourth-order valence-electron chi connectivity index (χ4n) is 3.14. The predicted octanol–water partition coefficient (Wildman–Crippen LogP) is 2.63. The summed E-state index contributed by atoms with van der Waals surface area (Å²) in [5.41, 5.74) is 8.88. The van der Waals surface area contributed by atoms with Crippen molar-refractivity contribution < 1.29 is 4.74 Å². The van der Waals surface area contributed by atoms with Crippen molar-refractivity contribution in [3.8, 4) is 5.75 Å². The Labute approximate surface area is 109 Å². The molecule has 2 N–H and O–H groups in total. The molecule has 0 amide bonds. The Morgan fingerprint density at radius 2 is 2.00 bits per heavy atom. The van der Waals surface area contributed by atoms with Crippen LogP contribution in [0.25, 0.3) is 0 Å². The van der Waals surface area contributed by atoms with E-state index in [0.29, 0.717) is 0 Å². The normalized spacial score (nSPS) is 22.2. The first-order valence-electron chi connectivity index (χ1n) is 6.96. The zero-order valence-electron chi connectivity index (χ0n) is 11.1. The topological polar surface area (TPSA) is 38.5 Å². The molecule has 0 unspecified atom stereocenters. The number of benzene rings is 1. The molecule has 0 aromatic heterocycles. The van der Waals surface area contributed by atoms with Gasteiger partial charge in [-0.15, -0.1) is 0 Å². The summed E-state index contributed by atoms with van der Waals surface area (Å²) < 4.78 is 5.77. The monoisotopic (exact) mass is 246 g/mol. The molecular weight excluding hydrogens is 224 g/mol. The Bertz CT molecular complexity index is 438. The number of ether oxygens (including phenoxy) is 1. The molecule has 1 aromatic carbocycles. The highest BCUT2D eigenvalue weighted by Crippen LogP contribution is 2.39. The molecule has 0 atom stereocenters. The maximum Gasteiger partial charge on any atom is 0.143 e. The van der Waals surface area contributed by atoms with Crippen molar-refractivity contribution in [1.29, 1.82) is 0 Å². The molecule has 1 saturated carbocycles. The van der Waals surface area contributed by atoms with E-state index in [1.54, 1.807) is 0 Å². The van der Waals surface area contributed by atoms with Crippen LogP contribution >= 0.6 is 0 Å². The first kappa shape index (κ1) is 11.8. The number of rotatable bonds is 1. The average molecular weight is 246 g/mol. The van der Waals surface area contributed by atoms with E-state index >= 15 is 0 Å². The highest BCUT2D eigenvalue weighted by atomic mass is 16.5. The van der Waals surface area contributed by atoms with Crippen molar-refractivity contribution in [1.82, 2.24) is 0 Å². The first-order valence-corrected chi connectivity index (χ1v) is 6.96. The average Bonchev–Trinajstić information content (AvgIpc) is 2.39. The van der Waals surface area contributed by atoms with E-state index in [4.69, 9.17) is 10.5 Å². The molecule has 0 radical (unpaired) electrons. The third-order valence-electron chi connectivity index (χ3n) is 4.38. The highest BCUT2D eigenvalue weighted by molar-refractivity contribution is 5.61. The summed E-state index contributed by atoms with van der Waals surface area (Å²) in [6, 6.07) is 6.51. The summed E-state index contributed by atoms with van der Waals surface area (Å²) in [6.45, 7) is 1.73. The van der Waals surface area contributed by atoms with E-state index in [1.165, 1.54) is 30.5 Å². The van der Waals surface area contributed by atoms with Gasteiger partial charge in [-0.2, -0.15) is 0 Å². The molecule has 1 aromatic rings. The molecule has 1 fully saturated rings. The summed E-state index contributed by atoms with van der Waals surface area (Å²) in [5, 5.41) is 0. The van der Waals surface area contributed by atoms with Crippen LogP contribution in [-0.2, 0) is 5.54 Å². The second kappa shape index (κ2) is 4.47. The van der Waals surface area contributed by atoms with E-state index in [1.807, 2.05) is 0 Å². The van der Waals surface area contributed by atoms with Gasteiger partial charge in [0.15, 0.2) is 0 Å². The molecule has 1 heterocycles. The van der Waals surface area contributed by atoms with Crippen LogP contribution in [0.15, 0.2) is 18.2 Å². The smallest absolute Gasteiger partial charge is 0.143 e.